The third kappa shape index (κ3) is 4.72. The Morgan fingerprint density at radius 1 is 1.04 bits per heavy atom. The van der Waals surface area contributed by atoms with Gasteiger partial charge in [-0.05, 0) is 61.2 Å². The third-order valence-electron chi connectivity index (χ3n) is 4.67. The average molecular weight is 352 g/mol. The molecule has 0 atom stereocenters. The zero-order valence-corrected chi connectivity index (χ0v) is 15.5. The molecule has 1 saturated heterocycles. The molecule has 138 valence electrons. The van der Waals surface area contributed by atoms with Crippen LogP contribution < -0.4 is 19.7 Å². The summed E-state index contributed by atoms with van der Waals surface area (Å²) < 4.78 is 11.0. The van der Waals surface area contributed by atoms with Crippen LogP contribution in [-0.2, 0) is 6.54 Å². The van der Waals surface area contributed by atoms with Crippen LogP contribution in [0.1, 0.15) is 24.8 Å². The number of anilines is 2. The lowest BCUT2D eigenvalue weighted by molar-refractivity contribution is 0.326. The van der Waals surface area contributed by atoms with Crippen LogP contribution in [0.2, 0.25) is 0 Å². The number of hydrogen-bond acceptors (Lipinski definition) is 4. The van der Waals surface area contributed by atoms with Crippen molar-refractivity contribution in [3.8, 4) is 11.5 Å². The van der Waals surface area contributed by atoms with Crippen molar-refractivity contribution >= 4 is 11.4 Å². The van der Waals surface area contributed by atoms with Gasteiger partial charge in [-0.1, -0.05) is 18.7 Å². The van der Waals surface area contributed by atoms with Crippen molar-refractivity contribution < 1.29 is 9.47 Å². The van der Waals surface area contributed by atoms with Gasteiger partial charge < -0.3 is 19.7 Å². The summed E-state index contributed by atoms with van der Waals surface area (Å²) in [6.45, 7) is 7.22. The van der Waals surface area contributed by atoms with Crippen molar-refractivity contribution in [2.75, 3.05) is 37.0 Å². The molecule has 0 unspecified atom stereocenters. The fourth-order valence-corrected chi connectivity index (χ4v) is 3.24. The summed E-state index contributed by atoms with van der Waals surface area (Å²) in [7, 11) is 1.66. The van der Waals surface area contributed by atoms with Gasteiger partial charge in [0.25, 0.3) is 0 Å². The molecule has 1 aliphatic heterocycles. The van der Waals surface area contributed by atoms with Crippen molar-refractivity contribution in [3.63, 3.8) is 0 Å². The van der Waals surface area contributed by atoms with Gasteiger partial charge >= 0.3 is 0 Å². The minimum atomic E-state index is 0.470. The van der Waals surface area contributed by atoms with Gasteiger partial charge in [-0.3, -0.25) is 0 Å². The van der Waals surface area contributed by atoms with Crippen LogP contribution >= 0.6 is 0 Å². The molecule has 0 amide bonds. The highest BCUT2D eigenvalue weighted by atomic mass is 16.5. The standard InChI is InChI=1S/C22H28N2O2/c1-3-15-26-21-12-7-18(16-22(21)25-2)17-23-19-8-10-20(11-9-19)24-13-5-4-6-14-24/h3,7-12,16,23H,1,4-6,13-15,17H2,2H3. The number of benzene rings is 2. The number of hydrogen-bond donors (Lipinski definition) is 1. The molecule has 2 aromatic rings. The molecule has 1 fully saturated rings. The molecule has 2 aromatic carbocycles. The van der Waals surface area contributed by atoms with Gasteiger partial charge in [0.05, 0.1) is 7.11 Å². The van der Waals surface area contributed by atoms with Crippen LogP contribution in [0.3, 0.4) is 0 Å². The number of methoxy groups -OCH3 is 1. The third-order valence-corrected chi connectivity index (χ3v) is 4.67. The first kappa shape index (κ1) is 18.2. The Labute approximate surface area is 156 Å². The highest BCUT2D eigenvalue weighted by Gasteiger charge is 2.10. The quantitative estimate of drug-likeness (QED) is 0.688. The van der Waals surface area contributed by atoms with Gasteiger partial charge in [-0.15, -0.1) is 0 Å². The second-order valence-electron chi connectivity index (χ2n) is 6.53. The van der Waals surface area contributed by atoms with Crippen molar-refractivity contribution in [2.45, 2.75) is 25.8 Å². The van der Waals surface area contributed by atoms with Gasteiger partial charge in [0.2, 0.25) is 0 Å². The lowest BCUT2D eigenvalue weighted by atomic mass is 10.1. The number of rotatable bonds is 8. The average Bonchev–Trinajstić information content (AvgIpc) is 2.72. The van der Waals surface area contributed by atoms with Gasteiger partial charge in [0.1, 0.15) is 6.61 Å². The van der Waals surface area contributed by atoms with Crippen LogP contribution in [0.4, 0.5) is 11.4 Å². The predicted octanol–water partition coefficient (Wildman–Crippen LogP) is 4.86. The fraction of sp³-hybridized carbons (Fsp3) is 0.364. The van der Waals surface area contributed by atoms with E-state index in [1.807, 2.05) is 12.1 Å². The number of ether oxygens (including phenoxy) is 2. The van der Waals surface area contributed by atoms with E-state index in [9.17, 15) is 0 Å². The van der Waals surface area contributed by atoms with E-state index >= 15 is 0 Å². The highest BCUT2D eigenvalue weighted by molar-refractivity contribution is 5.55. The summed E-state index contributed by atoms with van der Waals surface area (Å²) in [5.41, 5.74) is 3.59. The molecular formula is C22H28N2O2. The Hall–Kier alpha value is -2.62. The molecule has 0 bridgehead atoms. The monoisotopic (exact) mass is 352 g/mol. The van der Waals surface area contributed by atoms with Gasteiger partial charge in [-0.2, -0.15) is 0 Å². The molecule has 0 aliphatic carbocycles. The highest BCUT2D eigenvalue weighted by Crippen LogP contribution is 2.28. The molecule has 4 nitrogen and oxygen atoms in total. The zero-order chi connectivity index (χ0) is 18.2. The van der Waals surface area contributed by atoms with Crippen molar-refractivity contribution in [1.82, 2.24) is 0 Å². The number of piperidine rings is 1. The molecule has 0 spiro atoms. The van der Waals surface area contributed by atoms with E-state index in [1.54, 1.807) is 13.2 Å². The SMILES string of the molecule is C=CCOc1ccc(CNc2ccc(N3CCCCC3)cc2)cc1OC. The van der Waals surface area contributed by atoms with Crippen molar-refractivity contribution in [3.05, 3.63) is 60.7 Å². The molecule has 0 saturated carbocycles. The van der Waals surface area contributed by atoms with Crippen molar-refractivity contribution in [2.24, 2.45) is 0 Å². The molecule has 1 heterocycles. The maximum absolute atomic E-state index is 5.60. The van der Waals surface area contributed by atoms with Crippen LogP contribution in [-0.4, -0.2) is 26.8 Å². The predicted molar refractivity (Wildman–Crippen MR) is 109 cm³/mol. The molecule has 0 radical (unpaired) electrons. The topological polar surface area (TPSA) is 33.7 Å². The van der Waals surface area contributed by atoms with E-state index < -0.39 is 0 Å². The van der Waals surface area contributed by atoms with Crippen LogP contribution in [0.5, 0.6) is 11.5 Å². The molecule has 3 rings (SSSR count). The van der Waals surface area contributed by atoms with Gasteiger partial charge in [0, 0.05) is 31.0 Å². The first-order valence-electron chi connectivity index (χ1n) is 9.29. The Balaban J connectivity index is 1.58. The molecular weight excluding hydrogens is 324 g/mol. The normalized spacial score (nSPS) is 14.0. The maximum Gasteiger partial charge on any atom is 0.161 e. The molecule has 0 aromatic heterocycles. The Morgan fingerprint density at radius 3 is 2.50 bits per heavy atom. The Bertz CT molecular complexity index is 707. The van der Waals surface area contributed by atoms with E-state index in [1.165, 1.54) is 38.0 Å². The Morgan fingerprint density at radius 2 is 1.81 bits per heavy atom. The maximum atomic E-state index is 5.60. The summed E-state index contributed by atoms with van der Waals surface area (Å²) in [6, 6.07) is 14.7. The first-order valence-corrected chi connectivity index (χ1v) is 9.29. The number of nitrogens with zero attached hydrogens (tertiary/aromatic N) is 1. The van der Waals surface area contributed by atoms with Crippen LogP contribution in [0.15, 0.2) is 55.1 Å². The van der Waals surface area contributed by atoms with Crippen LogP contribution in [0, 0.1) is 0 Å². The van der Waals surface area contributed by atoms with E-state index in [0.29, 0.717) is 6.61 Å². The van der Waals surface area contributed by atoms with Gasteiger partial charge in [0.15, 0.2) is 11.5 Å². The van der Waals surface area contributed by atoms with Crippen LogP contribution in [0.25, 0.3) is 0 Å². The fourth-order valence-electron chi connectivity index (χ4n) is 3.24. The zero-order valence-electron chi connectivity index (χ0n) is 15.5. The minimum Gasteiger partial charge on any atom is -0.493 e. The Kier molecular flexibility index (Phi) is 6.42. The molecule has 4 heteroatoms. The summed E-state index contributed by atoms with van der Waals surface area (Å²) in [4.78, 5) is 2.47. The second-order valence-corrected chi connectivity index (χ2v) is 6.53. The van der Waals surface area contributed by atoms with E-state index in [4.69, 9.17) is 9.47 Å². The second kappa shape index (κ2) is 9.18. The molecule has 26 heavy (non-hydrogen) atoms. The molecule has 1 N–H and O–H groups in total. The lowest BCUT2D eigenvalue weighted by Gasteiger charge is -2.28. The lowest BCUT2D eigenvalue weighted by Crippen LogP contribution is -2.29. The van der Waals surface area contributed by atoms with E-state index in [-0.39, 0.29) is 0 Å². The van der Waals surface area contributed by atoms with Crippen molar-refractivity contribution in [1.29, 1.82) is 0 Å². The summed E-state index contributed by atoms with van der Waals surface area (Å²) in [5, 5.41) is 3.47. The minimum absolute atomic E-state index is 0.470. The summed E-state index contributed by atoms with van der Waals surface area (Å²) in [5.74, 6) is 1.48. The summed E-state index contributed by atoms with van der Waals surface area (Å²) >= 11 is 0. The largest absolute Gasteiger partial charge is 0.493 e. The molecule has 1 aliphatic rings. The van der Waals surface area contributed by atoms with E-state index in [0.717, 1.165) is 29.3 Å². The smallest absolute Gasteiger partial charge is 0.161 e. The summed E-state index contributed by atoms with van der Waals surface area (Å²) in [6.07, 6.45) is 5.68. The first-order chi connectivity index (χ1) is 12.8. The number of nitrogens with one attached hydrogen (secondary N) is 1. The van der Waals surface area contributed by atoms with E-state index in [2.05, 4.69) is 47.1 Å². The van der Waals surface area contributed by atoms with Gasteiger partial charge in [-0.25, -0.2) is 0 Å².